The van der Waals surface area contributed by atoms with Gasteiger partial charge in [0.1, 0.15) is 18.6 Å². The number of amides is 3. The minimum absolute atomic E-state index is 0.0132. The van der Waals surface area contributed by atoms with Crippen molar-refractivity contribution in [2.24, 2.45) is 5.92 Å². The molecule has 9 nitrogen and oxygen atoms in total. The Hall–Kier alpha value is -4.27. The molecule has 0 radical (unpaired) electrons. The van der Waals surface area contributed by atoms with Crippen LogP contribution in [0.25, 0.3) is 5.70 Å². The Morgan fingerprint density at radius 2 is 1.59 bits per heavy atom. The molecule has 2 aromatic rings. The highest BCUT2D eigenvalue weighted by Gasteiger charge is 2.41. The van der Waals surface area contributed by atoms with Gasteiger partial charge in [0, 0.05) is 19.5 Å². The van der Waals surface area contributed by atoms with Gasteiger partial charge in [0.25, 0.3) is 11.7 Å². The fourth-order valence-corrected chi connectivity index (χ4v) is 4.30. The summed E-state index contributed by atoms with van der Waals surface area (Å²) < 4.78 is 0. The van der Waals surface area contributed by atoms with Crippen LogP contribution < -0.4 is 5.32 Å². The molecule has 0 saturated carbocycles. The summed E-state index contributed by atoms with van der Waals surface area (Å²) in [4.78, 5) is 65.9. The van der Waals surface area contributed by atoms with Gasteiger partial charge in [-0.15, -0.1) is 0 Å². The number of nitrogens with one attached hydrogen (secondary N) is 1. The Morgan fingerprint density at radius 1 is 1.00 bits per heavy atom. The summed E-state index contributed by atoms with van der Waals surface area (Å²) in [6.07, 6.45) is 2.19. The predicted molar refractivity (Wildman–Crippen MR) is 137 cm³/mol. The molecule has 3 rings (SSSR count). The van der Waals surface area contributed by atoms with Crippen LogP contribution in [0, 0.1) is 5.92 Å². The third-order valence-electron chi connectivity index (χ3n) is 6.43. The van der Waals surface area contributed by atoms with Gasteiger partial charge in [-0.1, -0.05) is 80.9 Å². The number of benzene rings is 2. The standard InChI is InChI=1S/C28H31N3O6/c1-4-18(2)25-27(35)31(23(16-30(25)19(3)32)21-13-9-6-10-14-21)17-24(33)29-22(26(34)28(36)37)15-20-11-7-5-8-12-20/h5-14,16,18,22,25H,4,15,17H2,1-3H3,(H,29,33)(H,36,37)/t18?,22-,25?/m0/s1. The molecule has 1 heterocycles. The van der Waals surface area contributed by atoms with Crippen LogP contribution in [-0.4, -0.2) is 63.0 Å². The molecule has 1 aliphatic rings. The molecule has 2 unspecified atom stereocenters. The Kier molecular flexibility index (Phi) is 8.95. The van der Waals surface area contributed by atoms with Crippen molar-refractivity contribution in [1.29, 1.82) is 0 Å². The topological polar surface area (TPSA) is 124 Å². The van der Waals surface area contributed by atoms with Crippen molar-refractivity contribution in [2.75, 3.05) is 6.54 Å². The van der Waals surface area contributed by atoms with Crippen molar-refractivity contribution >= 4 is 35.2 Å². The van der Waals surface area contributed by atoms with Gasteiger partial charge in [0.05, 0.1) is 5.70 Å². The van der Waals surface area contributed by atoms with Crippen LogP contribution in [0.15, 0.2) is 66.9 Å². The first-order valence-corrected chi connectivity index (χ1v) is 12.1. The van der Waals surface area contributed by atoms with Crippen LogP contribution in [0.5, 0.6) is 0 Å². The summed E-state index contributed by atoms with van der Waals surface area (Å²) in [6, 6.07) is 15.5. The van der Waals surface area contributed by atoms with E-state index >= 15 is 0 Å². The first kappa shape index (κ1) is 27.3. The summed E-state index contributed by atoms with van der Waals surface area (Å²) in [5, 5.41) is 11.8. The molecule has 0 saturated heterocycles. The zero-order valence-corrected chi connectivity index (χ0v) is 21.1. The zero-order valence-electron chi connectivity index (χ0n) is 21.1. The van der Waals surface area contributed by atoms with Gasteiger partial charge in [-0.05, 0) is 17.0 Å². The number of Topliss-reactive ketones (excluding diaryl/α,β-unsaturated/α-hetero) is 1. The SMILES string of the molecule is CCC(C)C1C(=O)N(CC(=O)N[C@@H](Cc2ccccc2)C(=O)C(=O)O)C(c2ccccc2)=CN1C(C)=O. The van der Waals surface area contributed by atoms with E-state index in [4.69, 9.17) is 0 Å². The van der Waals surface area contributed by atoms with E-state index in [1.165, 1.54) is 16.7 Å². The molecule has 0 bridgehead atoms. The van der Waals surface area contributed by atoms with E-state index in [2.05, 4.69) is 5.32 Å². The van der Waals surface area contributed by atoms with Crippen molar-refractivity contribution in [3.63, 3.8) is 0 Å². The summed E-state index contributed by atoms with van der Waals surface area (Å²) >= 11 is 0. The van der Waals surface area contributed by atoms with Crippen LogP contribution in [0.2, 0.25) is 0 Å². The van der Waals surface area contributed by atoms with Gasteiger partial charge in [0.15, 0.2) is 0 Å². The molecular weight excluding hydrogens is 474 g/mol. The number of hydrogen-bond donors (Lipinski definition) is 2. The number of carboxylic acids is 1. The summed E-state index contributed by atoms with van der Waals surface area (Å²) in [5.74, 6) is -4.41. The molecule has 194 valence electrons. The van der Waals surface area contributed by atoms with Crippen molar-refractivity contribution in [1.82, 2.24) is 15.1 Å². The summed E-state index contributed by atoms with van der Waals surface area (Å²) in [5.41, 5.74) is 1.66. The van der Waals surface area contributed by atoms with E-state index in [0.717, 1.165) is 0 Å². The van der Waals surface area contributed by atoms with Gasteiger partial charge >= 0.3 is 5.97 Å². The second-order valence-electron chi connectivity index (χ2n) is 9.04. The quantitative estimate of drug-likeness (QED) is 0.478. The number of carbonyl (C=O) groups excluding carboxylic acids is 4. The lowest BCUT2D eigenvalue weighted by Crippen LogP contribution is -2.57. The lowest BCUT2D eigenvalue weighted by atomic mass is 9.93. The van der Waals surface area contributed by atoms with Crippen molar-refractivity contribution < 1.29 is 29.1 Å². The van der Waals surface area contributed by atoms with E-state index in [1.807, 2.05) is 19.9 Å². The minimum Gasteiger partial charge on any atom is -0.475 e. The van der Waals surface area contributed by atoms with Crippen molar-refractivity contribution in [2.45, 2.75) is 45.7 Å². The highest BCUT2D eigenvalue weighted by molar-refractivity contribution is 6.35. The maximum atomic E-state index is 13.7. The second-order valence-corrected chi connectivity index (χ2v) is 9.04. The van der Waals surface area contributed by atoms with Gasteiger partial charge < -0.3 is 15.3 Å². The largest absolute Gasteiger partial charge is 0.475 e. The van der Waals surface area contributed by atoms with Gasteiger partial charge in [-0.25, -0.2) is 4.79 Å². The fourth-order valence-electron chi connectivity index (χ4n) is 4.30. The molecule has 2 N–H and O–H groups in total. The molecular formula is C28H31N3O6. The lowest BCUT2D eigenvalue weighted by molar-refractivity contribution is -0.150. The molecule has 0 aromatic heterocycles. The van der Waals surface area contributed by atoms with E-state index in [0.29, 0.717) is 23.2 Å². The van der Waals surface area contributed by atoms with E-state index < -0.39 is 42.2 Å². The monoisotopic (exact) mass is 505 g/mol. The van der Waals surface area contributed by atoms with Crippen molar-refractivity contribution in [3.05, 3.63) is 78.0 Å². The number of carboxylic acid groups (broad SMARTS) is 1. The maximum Gasteiger partial charge on any atom is 0.374 e. The Balaban J connectivity index is 1.94. The highest BCUT2D eigenvalue weighted by atomic mass is 16.4. The van der Waals surface area contributed by atoms with Crippen LogP contribution in [0.3, 0.4) is 0 Å². The molecule has 0 fully saturated rings. The van der Waals surface area contributed by atoms with E-state index in [9.17, 15) is 29.1 Å². The van der Waals surface area contributed by atoms with Gasteiger partial charge in [-0.3, -0.25) is 24.1 Å². The van der Waals surface area contributed by atoms with Crippen LogP contribution >= 0.6 is 0 Å². The molecule has 0 aliphatic carbocycles. The molecule has 1 aliphatic heterocycles. The fraction of sp³-hybridized carbons (Fsp3) is 0.321. The smallest absolute Gasteiger partial charge is 0.374 e. The third-order valence-corrected chi connectivity index (χ3v) is 6.43. The molecule has 3 atom stereocenters. The Morgan fingerprint density at radius 3 is 2.14 bits per heavy atom. The summed E-state index contributed by atoms with van der Waals surface area (Å²) in [6.45, 7) is 4.71. The number of carbonyl (C=O) groups is 5. The number of aliphatic carboxylic acids is 1. The molecule has 2 aromatic carbocycles. The predicted octanol–water partition coefficient (Wildman–Crippen LogP) is 2.47. The Labute approximate surface area is 215 Å². The normalized spacial score (nSPS) is 17.0. The first-order valence-electron chi connectivity index (χ1n) is 12.1. The zero-order chi connectivity index (χ0) is 27.1. The average Bonchev–Trinajstić information content (AvgIpc) is 2.89. The minimum atomic E-state index is -1.66. The van der Waals surface area contributed by atoms with Gasteiger partial charge in [-0.2, -0.15) is 0 Å². The van der Waals surface area contributed by atoms with Crippen molar-refractivity contribution in [3.8, 4) is 0 Å². The number of ketones is 1. The lowest BCUT2D eigenvalue weighted by Gasteiger charge is -2.41. The van der Waals surface area contributed by atoms with Crippen LogP contribution in [-0.2, 0) is 30.4 Å². The van der Waals surface area contributed by atoms with E-state index in [-0.39, 0.29) is 18.2 Å². The maximum absolute atomic E-state index is 13.7. The van der Waals surface area contributed by atoms with Gasteiger partial charge in [0.2, 0.25) is 11.8 Å². The average molecular weight is 506 g/mol. The molecule has 37 heavy (non-hydrogen) atoms. The highest BCUT2D eigenvalue weighted by Crippen LogP contribution is 2.30. The molecule has 9 heteroatoms. The van der Waals surface area contributed by atoms with Crippen LogP contribution in [0.4, 0.5) is 0 Å². The number of hydrogen-bond acceptors (Lipinski definition) is 5. The van der Waals surface area contributed by atoms with Crippen LogP contribution in [0.1, 0.15) is 38.3 Å². The summed E-state index contributed by atoms with van der Waals surface area (Å²) in [7, 11) is 0. The number of nitrogens with zero attached hydrogens (tertiary/aromatic N) is 2. The van der Waals surface area contributed by atoms with E-state index in [1.54, 1.807) is 60.8 Å². The molecule has 3 amide bonds. The molecule has 0 spiro atoms. The first-order chi connectivity index (χ1) is 17.6. The second kappa shape index (κ2) is 12.1. The Bertz CT molecular complexity index is 1190. The number of rotatable bonds is 10. The third kappa shape index (κ3) is 6.49.